The lowest BCUT2D eigenvalue weighted by Crippen LogP contribution is -2.22. The minimum atomic E-state index is -1.54. The number of halogens is 4. The molecule has 0 spiro atoms. The van der Waals surface area contributed by atoms with Gasteiger partial charge in [-0.3, -0.25) is 0 Å². The number of rotatable bonds is 24. The van der Waals surface area contributed by atoms with Gasteiger partial charge in [-0.1, -0.05) is 229 Å². The normalized spacial score (nSPS) is 12.4. The van der Waals surface area contributed by atoms with Crippen LogP contribution in [-0.4, -0.2) is 167 Å². The van der Waals surface area contributed by atoms with Gasteiger partial charge in [0.15, 0.2) is 36.6 Å². The second-order valence-corrected chi connectivity index (χ2v) is 26.6. The van der Waals surface area contributed by atoms with Gasteiger partial charge in [0.25, 0.3) is 0 Å². The summed E-state index contributed by atoms with van der Waals surface area (Å²) in [7, 11) is 0. The summed E-state index contributed by atoms with van der Waals surface area (Å²) in [5, 5.41) is 162. The fourth-order valence-corrected chi connectivity index (χ4v) is 10.7. The van der Waals surface area contributed by atoms with Crippen LogP contribution in [0.2, 0.25) is 0 Å². The van der Waals surface area contributed by atoms with Crippen LogP contribution in [0.3, 0.4) is 0 Å². The molecule has 0 amide bonds. The van der Waals surface area contributed by atoms with Crippen molar-refractivity contribution < 1.29 is 123 Å². The number of aliphatic carboxylic acids is 6. The number of aryl methyl sites for hydroxylation is 3. The standard InChI is InChI=1S/C13H11NO.C13H12O3.C10H11NO.2C10H12O3.C9H8FNO.3C9H9FO3/c14-9-12(15)8-11-6-3-5-10-4-1-2-7-13(10)11;14-12(13(15)16)8-10-6-3-5-9-4-1-2-7-11(9)10;1-8-3-2-4-9(5-8)6-10(12)7-11;2*1-7-3-2-4-8(5-7)6-9(11)10(12)13;10-8-3-1-2-7(4-8)5-9(12)6-11;2*10-7-3-1-2-6(4-7)5-8(11)9(12)13;10-7-4-2-1-3-6(7)5-8(11)9(12)13/h1-7,12,15H,8H2;1-7,12,14H,8H2,(H,15,16);2-5,10,12H,6H2,1H3;2*2-5,9,11H,6H2,1H3,(H,12,13);1-4,9,12H,5H2;3*1-4,8,11H,5H2,(H,12,13)/t;12-;;2*9-;;3*8-/m.1.10.100/s1. The van der Waals surface area contributed by atoms with Crippen LogP contribution in [0.15, 0.2) is 255 Å². The summed E-state index contributed by atoms with van der Waals surface area (Å²) in [6.45, 7) is 5.84. The Labute approximate surface area is 689 Å². The number of nitriles is 3. The molecule has 0 radical (unpaired) electrons. The maximum Gasteiger partial charge on any atom is 0.332 e. The molecule has 11 aromatic carbocycles. The van der Waals surface area contributed by atoms with Crippen LogP contribution in [0.1, 0.15) is 66.8 Å². The van der Waals surface area contributed by atoms with E-state index in [-0.39, 0.29) is 56.3 Å². The number of nitrogens with zero attached hydrogens (tertiary/aromatic N) is 3. The van der Waals surface area contributed by atoms with E-state index in [4.69, 9.17) is 82.2 Å². The number of aliphatic hydroxyl groups is 9. The van der Waals surface area contributed by atoms with Gasteiger partial charge in [-0.25, -0.2) is 46.3 Å². The summed E-state index contributed by atoms with van der Waals surface area (Å²) in [4.78, 5) is 62.0. The maximum absolute atomic E-state index is 12.9. The number of aliphatic hydroxyl groups excluding tert-OH is 9. The molecule has 630 valence electrons. The first-order chi connectivity index (χ1) is 56.9. The largest absolute Gasteiger partial charge is 0.479 e. The number of carboxylic acids is 6. The van der Waals surface area contributed by atoms with Gasteiger partial charge in [-0.15, -0.1) is 0 Å². The summed E-state index contributed by atoms with van der Waals surface area (Å²) in [6, 6.07) is 77.9. The van der Waals surface area contributed by atoms with Gasteiger partial charge in [0.1, 0.15) is 41.6 Å². The molecular formula is C92H93F4N3O21. The summed E-state index contributed by atoms with van der Waals surface area (Å²) < 4.78 is 50.6. The second kappa shape index (κ2) is 54.5. The molecule has 15 N–H and O–H groups in total. The molecule has 0 fully saturated rings. The molecule has 0 saturated carbocycles. The van der Waals surface area contributed by atoms with E-state index in [0.717, 1.165) is 66.1 Å². The van der Waals surface area contributed by atoms with Gasteiger partial charge < -0.3 is 76.6 Å². The highest BCUT2D eigenvalue weighted by atomic mass is 19.1. The highest BCUT2D eigenvalue weighted by molar-refractivity contribution is 5.87. The predicted octanol–water partition coefficient (Wildman–Crippen LogP) is 11.2. The van der Waals surface area contributed by atoms with E-state index in [9.17, 15) is 56.5 Å². The van der Waals surface area contributed by atoms with Crippen LogP contribution in [0.4, 0.5) is 17.6 Å². The molecule has 0 saturated heterocycles. The molecule has 0 aliphatic rings. The van der Waals surface area contributed by atoms with Crippen LogP contribution in [-0.2, 0) is 86.6 Å². The quantitative estimate of drug-likeness (QED) is 0.0197. The molecule has 0 bridgehead atoms. The van der Waals surface area contributed by atoms with Crippen molar-refractivity contribution in [3.8, 4) is 18.2 Å². The van der Waals surface area contributed by atoms with Crippen molar-refractivity contribution in [1.82, 2.24) is 0 Å². The number of benzene rings is 11. The summed E-state index contributed by atoms with van der Waals surface area (Å²) >= 11 is 0. The van der Waals surface area contributed by atoms with E-state index in [1.165, 1.54) is 66.7 Å². The smallest absolute Gasteiger partial charge is 0.332 e. The third-order valence-corrected chi connectivity index (χ3v) is 16.6. The van der Waals surface area contributed by atoms with Crippen molar-refractivity contribution in [3.63, 3.8) is 0 Å². The van der Waals surface area contributed by atoms with Gasteiger partial charge in [-0.05, 0) is 135 Å². The molecule has 120 heavy (non-hydrogen) atoms. The number of carbonyl (C=O) groups is 6. The van der Waals surface area contributed by atoms with E-state index in [1.54, 1.807) is 54.6 Å². The molecular weight excluding hydrogens is 1560 g/mol. The van der Waals surface area contributed by atoms with Gasteiger partial charge in [-0.2, -0.15) is 15.8 Å². The van der Waals surface area contributed by atoms with E-state index in [1.807, 2.05) is 172 Å². The summed E-state index contributed by atoms with van der Waals surface area (Å²) in [5.41, 5.74) is 9.61. The first kappa shape index (κ1) is 101. The Hall–Kier alpha value is -13.4. The predicted molar refractivity (Wildman–Crippen MR) is 437 cm³/mol. The lowest BCUT2D eigenvalue weighted by molar-refractivity contribution is -0.147. The van der Waals surface area contributed by atoms with E-state index < -0.39 is 108 Å². The fourth-order valence-electron chi connectivity index (χ4n) is 10.7. The number of carboxylic acid groups (broad SMARTS) is 6. The van der Waals surface area contributed by atoms with E-state index in [2.05, 4.69) is 0 Å². The zero-order chi connectivity index (χ0) is 89.4. The minimum Gasteiger partial charge on any atom is -0.479 e. The lowest BCUT2D eigenvalue weighted by atomic mass is 10.00. The molecule has 28 heteroatoms. The topological polar surface area (TPSA) is 477 Å². The second-order valence-electron chi connectivity index (χ2n) is 26.6. The molecule has 0 aromatic heterocycles. The van der Waals surface area contributed by atoms with Crippen LogP contribution in [0, 0.1) is 78.0 Å². The Kier molecular flexibility index (Phi) is 45.8. The fraction of sp³-hybridized carbons (Fsp3) is 0.228. The van der Waals surface area contributed by atoms with Crippen molar-refractivity contribution in [2.24, 2.45) is 0 Å². The molecule has 24 nitrogen and oxygen atoms in total. The van der Waals surface area contributed by atoms with Crippen LogP contribution in [0.25, 0.3) is 21.5 Å². The molecule has 3 unspecified atom stereocenters. The summed E-state index contributed by atoms with van der Waals surface area (Å²) in [6.07, 6.45) is -10.2. The molecule has 11 aromatic rings. The monoisotopic (exact) mass is 1650 g/mol. The highest BCUT2D eigenvalue weighted by Gasteiger charge is 2.20. The SMILES string of the molecule is Cc1cccc(CC(O)C#N)c1.Cc1cccc(C[C@@H](O)C(=O)O)c1.Cc1cccc(C[C@H](O)C(=O)O)c1.N#CC(O)Cc1cccc(F)c1.N#CC(O)Cc1cccc2ccccc12.O=C(O)[C@@H](O)Cc1cccc(F)c1.O=C(O)[C@@H](O)Cc1ccccc1F.O=C(O)[C@H](O)Cc1cccc(F)c1.O=C(O)[C@H](O)Cc1cccc2ccccc12. The lowest BCUT2D eigenvalue weighted by Gasteiger charge is -2.08. The van der Waals surface area contributed by atoms with Crippen molar-refractivity contribution in [3.05, 3.63) is 345 Å². The van der Waals surface area contributed by atoms with Crippen LogP contribution < -0.4 is 0 Å². The molecule has 0 aliphatic carbocycles. The van der Waals surface area contributed by atoms with Gasteiger partial charge in [0, 0.05) is 57.8 Å². The minimum absolute atomic E-state index is 0.0763. The third-order valence-electron chi connectivity index (χ3n) is 16.6. The number of fused-ring (bicyclic) bond motifs is 2. The molecule has 11 rings (SSSR count). The zero-order valence-corrected chi connectivity index (χ0v) is 65.3. The first-order valence-corrected chi connectivity index (χ1v) is 36.7. The summed E-state index contributed by atoms with van der Waals surface area (Å²) in [5.74, 6) is -9.21. The molecule has 9 atom stereocenters. The Morgan fingerprint density at radius 3 is 0.792 bits per heavy atom. The highest BCUT2D eigenvalue weighted by Crippen LogP contribution is 2.22. The molecule has 0 aliphatic heterocycles. The van der Waals surface area contributed by atoms with E-state index in [0.29, 0.717) is 29.5 Å². The average molecular weight is 1650 g/mol. The Bertz CT molecular complexity index is 4880. The average Bonchev–Trinajstić information content (AvgIpc) is 0.843. The zero-order valence-electron chi connectivity index (χ0n) is 65.3. The van der Waals surface area contributed by atoms with Crippen LogP contribution >= 0.6 is 0 Å². The Balaban J connectivity index is 0.000000349. The van der Waals surface area contributed by atoms with Gasteiger partial charge in [0.2, 0.25) is 0 Å². The Morgan fingerprint density at radius 2 is 0.492 bits per heavy atom. The van der Waals surface area contributed by atoms with Crippen molar-refractivity contribution in [2.45, 2.75) is 133 Å². The van der Waals surface area contributed by atoms with Gasteiger partial charge in [0.05, 0.1) is 18.2 Å². The van der Waals surface area contributed by atoms with E-state index >= 15 is 0 Å². The number of hydrogen-bond acceptors (Lipinski definition) is 18. The Morgan fingerprint density at radius 1 is 0.267 bits per heavy atom. The number of hydrogen-bond donors (Lipinski definition) is 15. The van der Waals surface area contributed by atoms with Crippen molar-refractivity contribution in [2.75, 3.05) is 0 Å². The third kappa shape index (κ3) is 40.9. The first-order valence-electron chi connectivity index (χ1n) is 36.7. The maximum atomic E-state index is 12.9. The van der Waals surface area contributed by atoms with Crippen molar-refractivity contribution in [1.29, 1.82) is 15.8 Å². The van der Waals surface area contributed by atoms with Gasteiger partial charge >= 0.3 is 35.8 Å². The molecule has 0 heterocycles. The van der Waals surface area contributed by atoms with Crippen LogP contribution in [0.5, 0.6) is 0 Å². The van der Waals surface area contributed by atoms with Crippen molar-refractivity contribution >= 4 is 57.4 Å².